The van der Waals surface area contributed by atoms with Gasteiger partial charge >= 0.3 is 0 Å². The van der Waals surface area contributed by atoms with E-state index in [1.54, 1.807) is 21.7 Å². The quantitative estimate of drug-likeness (QED) is 0.497. The molecule has 1 amide bonds. The van der Waals surface area contributed by atoms with Crippen molar-refractivity contribution >= 4 is 28.7 Å². The molecular weight excluding hydrogens is 447 g/mol. The van der Waals surface area contributed by atoms with Crippen LogP contribution in [0.2, 0.25) is 5.02 Å². The summed E-state index contributed by atoms with van der Waals surface area (Å²) in [5.41, 5.74) is 1.37. The Morgan fingerprint density at radius 2 is 2.06 bits per heavy atom. The van der Waals surface area contributed by atoms with Crippen LogP contribution in [0.3, 0.4) is 0 Å². The smallest absolute Gasteiger partial charge is 0.281 e. The fraction of sp³-hybridized carbons (Fsp3) is 0.261. The predicted molar refractivity (Wildman–Crippen MR) is 121 cm³/mol. The van der Waals surface area contributed by atoms with Gasteiger partial charge in [-0.2, -0.15) is 0 Å². The van der Waals surface area contributed by atoms with Crippen LogP contribution in [0.1, 0.15) is 40.5 Å². The van der Waals surface area contributed by atoms with Crippen LogP contribution in [0.5, 0.6) is 0 Å². The van der Waals surface area contributed by atoms with Crippen molar-refractivity contribution in [1.82, 2.24) is 29.9 Å². The molecule has 0 bridgehead atoms. The monoisotopic (exact) mass is 466 g/mol. The number of halogens is 2. The highest BCUT2D eigenvalue weighted by Gasteiger charge is 2.28. The summed E-state index contributed by atoms with van der Waals surface area (Å²) in [6.07, 6.45) is 1.50. The maximum atomic E-state index is 13.6. The van der Waals surface area contributed by atoms with Crippen molar-refractivity contribution in [3.05, 3.63) is 86.7 Å². The van der Waals surface area contributed by atoms with Gasteiger partial charge < -0.3 is 9.88 Å². The second-order valence-electron chi connectivity index (χ2n) is 8.10. The molecule has 168 valence electrons. The van der Waals surface area contributed by atoms with E-state index >= 15 is 0 Å². The third-order valence-electron chi connectivity index (χ3n) is 5.78. The number of nitrogens with zero attached hydrogens (tertiary/aromatic N) is 5. The van der Waals surface area contributed by atoms with Crippen molar-refractivity contribution in [2.75, 3.05) is 13.1 Å². The van der Waals surface area contributed by atoms with E-state index in [1.165, 1.54) is 18.2 Å². The highest BCUT2D eigenvalue weighted by Crippen LogP contribution is 2.26. The zero-order valence-electron chi connectivity index (χ0n) is 17.5. The summed E-state index contributed by atoms with van der Waals surface area (Å²) in [5, 5.41) is 8.69. The van der Waals surface area contributed by atoms with Crippen LogP contribution in [0.4, 0.5) is 4.39 Å². The van der Waals surface area contributed by atoms with Gasteiger partial charge in [-0.15, -0.1) is 5.10 Å². The number of hydrogen-bond acceptors (Lipinski definition) is 5. The lowest BCUT2D eigenvalue weighted by Crippen LogP contribution is -2.40. The summed E-state index contributed by atoms with van der Waals surface area (Å²) in [6, 6.07) is 13.0. The molecule has 0 spiro atoms. The van der Waals surface area contributed by atoms with Crippen LogP contribution in [0.25, 0.3) is 11.2 Å². The fourth-order valence-electron chi connectivity index (χ4n) is 4.18. The molecule has 33 heavy (non-hydrogen) atoms. The molecule has 1 aliphatic rings. The molecule has 0 radical (unpaired) electrons. The van der Waals surface area contributed by atoms with Gasteiger partial charge in [-0.1, -0.05) is 35.0 Å². The predicted octanol–water partition coefficient (Wildman–Crippen LogP) is 3.38. The highest BCUT2D eigenvalue weighted by molar-refractivity contribution is 6.30. The zero-order valence-corrected chi connectivity index (χ0v) is 18.3. The van der Waals surface area contributed by atoms with Gasteiger partial charge in [0.1, 0.15) is 11.6 Å². The molecule has 10 heteroatoms. The fourth-order valence-corrected chi connectivity index (χ4v) is 4.39. The number of aromatic nitrogens is 5. The number of carbonyl (C=O) groups excluding carboxylic acids is 1. The Morgan fingerprint density at radius 3 is 2.88 bits per heavy atom. The van der Waals surface area contributed by atoms with E-state index in [1.807, 2.05) is 18.2 Å². The Hall–Kier alpha value is -3.59. The number of piperidine rings is 1. The van der Waals surface area contributed by atoms with Crippen LogP contribution in [0, 0.1) is 5.82 Å². The highest BCUT2D eigenvalue weighted by atomic mass is 35.5. The summed E-state index contributed by atoms with van der Waals surface area (Å²) < 4.78 is 15.1. The third kappa shape index (κ3) is 4.36. The van der Waals surface area contributed by atoms with Crippen molar-refractivity contribution in [1.29, 1.82) is 0 Å². The van der Waals surface area contributed by atoms with Gasteiger partial charge in [-0.25, -0.2) is 14.1 Å². The molecule has 2 aromatic heterocycles. The largest absolute Gasteiger partial charge is 0.338 e. The molecule has 0 saturated carbocycles. The molecule has 0 unspecified atom stereocenters. The lowest BCUT2D eigenvalue weighted by molar-refractivity contribution is 0.0704. The minimum atomic E-state index is -0.452. The third-order valence-corrected chi connectivity index (χ3v) is 6.02. The average Bonchev–Trinajstić information content (AvgIpc) is 3.22. The summed E-state index contributed by atoms with van der Waals surface area (Å²) in [5.74, 6) is -0.372. The molecule has 0 aliphatic carbocycles. The lowest BCUT2D eigenvalue weighted by atomic mass is 9.96. The number of rotatable bonds is 4. The normalized spacial score (nSPS) is 16.3. The average molecular weight is 467 g/mol. The van der Waals surface area contributed by atoms with E-state index in [0.717, 1.165) is 18.4 Å². The lowest BCUT2D eigenvalue weighted by Gasteiger charge is -2.32. The van der Waals surface area contributed by atoms with Gasteiger partial charge in [-0.05, 0) is 48.7 Å². The molecule has 1 atom stereocenters. The Balaban J connectivity index is 1.43. The van der Waals surface area contributed by atoms with Crippen LogP contribution >= 0.6 is 11.6 Å². The summed E-state index contributed by atoms with van der Waals surface area (Å²) >= 11 is 6.08. The molecule has 8 nitrogen and oxygen atoms in total. The second kappa shape index (κ2) is 8.74. The summed E-state index contributed by atoms with van der Waals surface area (Å²) in [4.78, 5) is 34.7. The first-order valence-corrected chi connectivity index (χ1v) is 11.0. The second-order valence-corrected chi connectivity index (χ2v) is 8.54. The maximum Gasteiger partial charge on any atom is 0.281 e. The first kappa shape index (κ1) is 21.3. The van der Waals surface area contributed by atoms with Crippen LogP contribution < -0.4 is 5.56 Å². The summed E-state index contributed by atoms with van der Waals surface area (Å²) in [6.45, 7) is 1.30. The van der Waals surface area contributed by atoms with Gasteiger partial charge in [0.2, 0.25) is 0 Å². The number of aromatic amines is 1. The molecule has 4 aromatic rings. The Bertz CT molecular complexity index is 1400. The molecule has 3 heterocycles. The number of amides is 1. The van der Waals surface area contributed by atoms with E-state index in [9.17, 15) is 14.0 Å². The number of benzene rings is 2. The number of hydrogen-bond donors (Lipinski definition) is 1. The number of nitrogens with one attached hydrogen (secondary N) is 1. The van der Waals surface area contributed by atoms with Gasteiger partial charge in [-0.3, -0.25) is 9.59 Å². The molecule has 2 aromatic carbocycles. The molecule has 1 aliphatic heterocycles. The maximum absolute atomic E-state index is 13.6. The van der Waals surface area contributed by atoms with E-state index in [4.69, 9.17) is 11.6 Å². The molecule has 1 fully saturated rings. The van der Waals surface area contributed by atoms with Crippen molar-refractivity contribution in [2.24, 2.45) is 0 Å². The van der Waals surface area contributed by atoms with E-state index in [2.05, 4.69) is 20.3 Å². The molecule has 1 N–H and O–H groups in total. The van der Waals surface area contributed by atoms with Gasteiger partial charge in [0.15, 0.2) is 11.2 Å². The molecular formula is C23H20ClFN6O2. The Labute approximate surface area is 193 Å². The molecule has 1 saturated heterocycles. The van der Waals surface area contributed by atoms with Crippen molar-refractivity contribution < 1.29 is 9.18 Å². The van der Waals surface area contributed by atoms with Gasteiger partial charge in [0.25, 0.3) is 11.5 Å². The Morgan fingerprint density at radius 1 is 1.21 bits per heavy atom. The van der Waals surface area contributed by atoms with E-state index < -0.39 is 5.82 Å². The van der Waals surface area contributed by atoms with Gasteiger partial charge in [0.05, 0.1) is 6.54 Å². The minimum Gasteiger partial charge on any atom is -0.338 e. The Kier molecular flexibility index (Phi) is 5.63. The van der Waals surface area contributed by atoms with Crippen LogP contribution in [-0.4, -0.2) is 48.9 Å². The first-order chi connectivity index (χ1) is 16.0. The SMILES string of the molecule is O=C(c1cccc(F)c1)N1CCC[C@H](c2nc3c(nnn3Cc3cccc(Cl)c3)c(=O)[nH]2)C1. The molecule has 5 rings (SSSR count). The van der Waals surface area contributed by atoms with E-state index in [-0.39, 0.29) is 22.9 Å². The van der Waals surface area contributed by atoms with Crippen LogP contribution in [-0.2, 0) is 6.54 Å². The topological polar surface area (TPSA) is 96.8 Å². The minimum absolute atomic E-state index is 0.157. The standard InChI is InChI=1S/C23H20ClFN6O2/c24-17-7-1-4-14(10-17)12-31-21-19(28-29-31)22(32)27-20(26-21)16-6-3-9-30(13-16)23(33)15-5-2-8-18(25)11-15/h1-2,4-5,7-8,10-11,16H,3,6,9,12-13H2,(H,26,27,32)/t16-/m0/s1. The van der Waals surface area contributed by atoms with E-state index in [0.29, 0.717) is 41.7 Å². The number of likely N-dealkylation sites (tertiary alicyclic amines) is 1. The number of H-pyrrole nitrogens is 1. The van der Waals surface area contributed by atoms with Crippen molar-refractivity contribution in [3.63, 3.8) is 0 Å². The van der Waals surface area contributed by atoms with Gasteiger partial charge in [0, 0.05) is 29.6 Å². The van der Waals surface area contributed by atoms with Crippen molar-refractivity contribution in [3.8, 4) is 0 Å². The number of fused-ring (bicyclic) bond motifs is 1. The van der Waals surface area contributed by atoms with Crippen molar-refractivity contribution in [2.45, 2.75) is 25.3 Å². The first-order valence-electron chi connectivity index (χ1n) is 10.6. The number of carbonyl (C=O) groups is 1. The van der Waals surface area contributed by atoms with Crippen LogP contribution in [0.15, 0.2) is 53.3 Å². The zero-order chi connectivity index (χ0) is 22.9. The summed E-state index contributed by atoms with van der Waals surface area (Å²) in [7, 11) is 0.